The van der Waals surface area contributed by atoms with E-state index in [4.69, 9.17) is 5.11 Å². The largest absolute Gasteiger partial charge is 0.478 e. The number of hydrogen-bond donors (Lipinski definition) is 1. The van der Waals surface area contributed by atoms with Crippen molar-refractivity contribution in [2.24, 2.45) is 7.05 Å². The van der Waals surface area contributed by atoms with Gasteiger partial charge in [-0.15, -0.1) is 0 Å². The number of aromatic nitrogens is 2. The van der Waals surface area contributed by atoms with Crippen LogP contribution in [0.15, 0.2) is 42.6 Å². The molecule has 0 aliphatic heterocycles. The number of aryl methyl sites for hydroxylation is 1. The summed E-state index contributed by atoms with van der Waals surface area (Å²) in [7, 11) is 1.80. The first-order valence-electron chi connectivity index (χ1n) is 6.01. The lowest BCUT2D eigenvalue weighted by Crippen LogP contribution is -1.99. The number of rotatable bonds is 2. The molecule has 20 heavy (non-hydrogen) atoms. The first-order chi connectivity index (χ1) is 9.56. The highest BCUT2D eigenvalue weighted by molar-refractivity contribution is 5.90. The summed E-state index contributed by atoms with van der Waals surface area (Å²) in [6.07, 6.45) is 1.46. The molecule has 0 unspecified atom stereocenters. The Balaban J connectivity index is 2.22. The van der Waals surface area contributed by atoms with Gasteiger partial charge in [0.1, 0.15) is 5.82 Å². The van der Waals surface area contributed by atoms with Crippen molar-refractivity contribution in [3.63, 3.8) is 0 Å². The molecule has 5 heteroatoms. The second kappa shape index (κ2) is 4.45. The molecular weight excluding hydrogens is 259 g/mol. The van der Waals surface area contributed by atoms with Crippen molar-refractivity contribution in [3.05, 3.63) is 54.0 Å². The monoisotopic (exact) mass is 270 g/mol. The average Bonchev–Trinajstić information content (AvgIpc) is 2.76. The summed E-state index contributed by atoms with van der Waals surface area (Å²) in [4.78, 5) is 15.2. The third-order valence-electron chi connectivity index (χ3n) is 3.28. The Morgan fingerprint density at radius 1 is 1.25 bits per heavy atom. The Labute approximate surface area is 114 Å². The molecule has 2 aromatic heterocycles. The van der Waals surface area contributed by atoms with Crippen molar-refractivity contribution in [2.75, 3.05) is 0 Å². The van der Waals surface area contributed by atoms with Crippen LogP contribution >= 0.6 is 0 Å². The van der Waals surface area contributed by atoms with Gasteiger partial charge in [0.25, 0.3) is 0 Å². The van der Waals surface area contributed by atoms with Crippen LogP contribution in [0.5, 0.6) is 0 Å². The van der Waals surface area contributed by atoms with Crippen molar-refractivity contribution in [2.45, 2.75) is 0 Å². The zero-order valence-electron chi connectivity index (χ0n) is 10.7. The highest BCUT2D eigenvalue weighted by Gasteiger charge is 2.12. The smallest absolute Gasteiger partial charge is 0.335 e. The number of pyridine rings is 1. The van der Waals surface area contributed by atoms with Gasteiger partial charge in [-0.05, 0) is 36.4 Å². The van der Waals surface area contributed by atoms with E-state index in [1.165, 1.54) is 30.5 Å². The van der Waals surface area contributed by atoms with Gasteiger partial charge in [0.15, 0.2) is 0 Å². The Morgan fingerprint density at radius 2 is 2.05 bits per heavy atom. The molecular formula is C15H11FN2O2. The molecule has 0 atom stereocenters. The molecule has 100 valence electrons. The fraction of sp³-hybridized carbons (Fsp3) is 0.0667. The highest BCUT2D eigenvalue weighted by atomic mass is 19.1. The lowest BCUT2D eigenvalue weighted by Gasteiger charge is -2.04. The molecule has 0 aliphatic rings. The first kappa shape index (κ1) is 12.3. The normalized spacial score (nSPS) is 10.9. The van der Waals surface area contributed by atoms with Crippen molar-refractivity contribution in [3.8, 4) is 11.4 Å². The minimum Gasteiger partial charge on any atom is -0.478 e. The Morgan fingerprint density at radius 3 is 2.80 bits per heavy atom. The van der Waals surface area contributed by atoms with Crippen LogP contribution in [0.4, 0.5) is 4.39 Å². The minimum atomic E-state index is -1.00. The van der Waals surface area contributed by atoms with E-state index in [2.05, 4.69) is 4.98 Å². The molecule has 0 amide bonds. The molecule has 3 rings (SSSR count). The van der Waals surface area contributed by atoms with Crippen LogP contribution in [0.2, 0.25) is 0 Å². The van der Waals surface area contributed by atoms with Crippen LogP contribution in [0.1, 0.15) is 10.4 Å². The maximum atomic E-state index is 13.3. The third kappa shape index (κ3) is 1.93. The summed E-state index contributed by atoms with van der Waals surface area (Å²) in [5, 5.41) is 9.90. The lowest BCUT2D eigenvalue weighted by molar-refractivity contribution is 0.0697. The Bertz CT molecular complexity index is 824. The van der Waals surface area contributed by atoms with Gasteiger partial charge in [0, 0.05) is 18.6 Å². The molecule has 0 radical (unpaired) electrons. The molecule has 0 saturated carbocycles. The van der Waals surface area contributed by atoms with Gasteiger partial charge in [0.05, 0.1) is 22.5 Å². The van der Waals surface area contributed by atoms with E-state index < -0.39 is 5.97 Å². The van der Waals surface area contributed by atoms with Crippen LogP contribution < -0.4 is 0 Å². The molecule has 0 saturated heterocycles. The molecule has 0 fully saturated rings. The van der Waals surface area contributed by atoms with Gasteiger partial charge in [0.2, 0.25) is 0 Å². The van der Waals surface area contributed by atoms with E-state index in [0.717, 1.165) is 16.6 Å². The molecule has 0 spiro atoms. The predicted octanol–water partition coefficient (Wildman–Crippen LogP) is 3.08. The molecule has 3 aromatic rings. The van der Waals surface area contributed by atoms with Gasteiger partial charge >= 0.3 is 5.97 Å². The van der Waals surface area contributed by atoms with Crippen LogP contribution in [0, 0.1) is 5.82 Å². The van der Waals surface area contributed by atoms with Crippen LogP contribution in [0.25, 0.3) is 22.3 Å². The fourth-order valence-electron chi connectivity index (χ4n) is 2.25. The van der Waals surface area contributed by atoms with Gasteiger partial charge in [-0.1, -0.05) is 0 Å². The number of carboxylic acid groups (broad SMARTS) is 1. The van der Waals surface area contributed by atoms with Crippen LogP contribution in [-0.2, 0) is 7.05 Å². The highest BCUT2D eigenvalue weighted by Crippen LogP contribution is 2.26. The molecule has 0 aliphatic carbocycles. The summed E-state index contributed by atoms with van der Waals surface area (Å²) in [6, 6.07) is 9.34. The van der Waals surface area contributed by atoms with E-state index in [-0.39, 0.29) is 11.4 Å². The number of hydrogen-bond acceptors (Lipinski definition) is 2. The summed E-state index contributed by atoms with van der Waals surface area (Å²) in [5.41, 5.74) is 2.20. The molecule has 0 bridgehead atoms. The van der Waals surface area contributed by atoms with Gasteiger partial charge in [-0.2, -0.15) is 0 Å². The Hall–Kier alpha value is -2.69. The quantitative estimate of drug-likeness (QED) is 0.778. The SMILES string of the molecule is Cn1c(-c2cc(C(=O)O)ccn2)cc2ccc(F)cc21. The fourth-order valence-corrected chi connectivity index (χ4v) is 2.25. The summed E-state index contributed by atoms with van der Waals surface area (Å²) in [5.74, 6) is -1.31. The molecule has 4 nitrogen and oxygen atoms in total. The lowest BCUT2D eigenvalue weighted by atomic mass is 10.2. The maximum Gasteiger partial charge on any atom is 0.335 e. The molecule has 1 aromatic carbocycles. The molecule has 2 heterocycles. The zero-order valence-corrected chi connectivity index (χ0v) is 10.7. The number of fused-ring (bicyclic) bond motifs is 1. The third-order valence-corrected chi connectivity index (χ3v) is 3.28. The second-order valence-corrected chi connectivity index (χ2v) is 4.53. The predicted molar refractivity (Wildman–Crippen MR) is 73.1 cm³/mol. The summed E-state index contributed by atoms with van der Waals surface area (Å²) >= 11 is 0. The standard InChI is InChI=1S/C15H11FN2O2/c1-18-13-8-11(16)3-2-9(13)7-14(18)12-6-10(15(19)20)4-5-17-12/h2-8H,1H3,(H,19,20). The van der Waals surface area contributed by atoms with E-state index in [0.29, 0.717) is 5.69 Å². The van der Waals surface area contributed by atoms with Crippen molar-refractivity contribution in [1.29, 1.82) is 0 Å². The maximum absolute atomic E-state index is 13.3. The van der Waals surface area contributed by atoms with E-state index >= 15 is 0 Å². The number of aromatic carboxylic acids is 1. The van der Waals surface area contributed by atoms with E-state index in [1.807, 2.05) is 6.07 Å². The Kier molecular flexibility index (Phi) is 2.75. The van der Waals surface area contributed by atoms with Crippen molar-refractivity contribution >= 4 is 16.9 Å². The minimum absolute atomic E-state index is 0.173. The van der Waals surface area contributed by atoms with Crippen molar-refractivity contribution < 1.29 is 14.3 Å². The van der Waals surface area contributed by atoms with Gasteiger partial charge in [-0.3, -0.25) is 4.98 Å². The van der Waals surface area contributed by atoms with Gasteiger partial charge in [-0.25, -0.2) is 9.18 Å². The molecule has 1 N–H and O–H groups in total. The number of carbonyl (C=O) groups is 1. The van der Waals surface area contributed by atoms with Crippen LogP contribution in [0.3, 0.4) is 0 Å². The number of halogens is 1. The van der Waals surface area contributed by atoms with E-state index in [1.54, 1.807) is 17.7 Å². The topological polar surface area (TPSA) is 55.1 Å². The summed E-state index contributed by atoms with van der Waals surface area (Å²) in [6.45, 7) is 0. The number of benzene rings is 1. The zero-order chi connectivity index (χ0) is 14.3. The second-order valence-electron chi connectivity index (χ2n) is 4.53. The van der Waals surface area contributed by atoms with Gasteiger partial charge < -0.3 is 9.67 Å². The summed E-state index contributed by atoms with van der Waals surface area (Å²) < 4.78 is 15.1. The number of nitrogens with zero attached hydrogens (tertiary/aromatic N) is 2. The van der Waals surface area contributed by atoms with Crippen LogP contribution in [-0.4, -0.2) is 20.6 Å². The van der Waals surface area contributed by atoms with E-state index in [9.17, 15) is 9.18 Å². The first-order valence-corrected chi connectivity index (χ1v) is 6.01. The number of carboxylic acids is 1. The average molecular weight is 270 g/mol. The van der Waals surface area contributed by atoms with Crippen molar-refractivity contribution in [1.82, 2.24) is 9.55 Å².